The van der Waals surface area contributed by atoms with Crippen LogP contribution >= 0.6 is 0 Å². The molecule has 1 aromatic rings. The van der Waals surface area contributed by atoms with Crippen LogP contribution in [0.3, 0.4) is 0 Å². The Hall–Kier alpha value is -2.04. The number of carbonyl (C=O) groups is 2. The zero-order valence-electron chi connectivity index (χ0n) is 12.9. The van der Waals surface area contributed by atoms with Crippen molar-refractivity contribution < 1.29 is 9.59 Å². The van der Waals surface area contributed by atoms with Crippen molar-refractivity contribution in [3.8, 4) is 0 Å². The summed E-state index contributed by atoms with van der Waals surface area (Å²) in [6.07, 6.45) is 1.78. The van der Waals surface area contributed by atoms with Gasteiger partial charge < -0.3 is 10.6 Å². The van der Waals surface area contributed by atoms with Gasteiger partial charge in [-0.2, -0.15) is 0 Å². The number of hydrogen-bond donors (Lipinski definition) is 2. The lowest BCUT2D eigenvalue weighted by atomic mass is 9.95. The summed E-state index contributed by atoms with van der Waals surface area (Å²) in [6, 6.07) is 7.07. The molecule has 1 aromatic carbocycles. The second-order valence-corrected chi connectivity index (χ2v) is 5.65. The number of anilines is 1. The summed E-state index contributed by atoms with van der Waals surface area (Å²) >= 11 is 0. The Bertz CT molecular complexity index is 521. The Labute approximate surface area is 125 Å². The van der Waals surface area contributed by atoms with Gasteiger partial charge in [-0.1, -0.05) is 13.8 Å². The number of amides is 3. The minimum Gasteiger partial charge on any atom is -0.347 e. The highest BCUT2D eigenvalue weighted by atomic mass is 16.2. The summed E-state index contributed by atoms with van der Waals surface area (Å²) in [7, 11) is 0. The van der Waals surface area contributed by atoms with E-state index in [0.717, 1.165) is 18.5 Å². The lowest BCUT2D eigenvalue weighted by molar-refractivity contribution is 0.0901. The third-order valence-corrected chi connectivity index (χ3v) is 4.27. The van der Waals surface area contributed by atoms with Gasteiger partial charge in [-0.25, -0.2) is 4.79 Å². The van der Waals surface area contributed by atoms with Gasteiger partial charge in [0.2, 0.25) is 0 Å². The van der Waals surface area contributed by atoms with Crippen molar-refractivity contribution in [2.75, 3.05) is 18.0 Å². The summed E-state index contributed by atoms with van der Waals surface area (Å²) < 4.78 is 0. The van der Waals surface area contributed by atoms with E-state index in [4.69, 9.17) is 0 Å². The van der Waals surface area contributed by atoms with Gasteiger partial charge in [0.25, 0.3) is 5.91 Å². The van der Waals surface area contributed by atoms with Crippen molar-refractivity contribution in [3.05, 3.63) is 29.8 Å². The zero-order valence-corrected chi connectivity index (χ0v) is 12.9. The number of benzene rings is 1. The molecule has 0 radical (unpaired) electrons. The van der Waals surface area contributed by atoms with Gasteiger partial charge in [0.05, 0.1) is 0 Å². The van der Waals surface area contributed by atoms with Gasteiger partial charge in [-0.3, -0.25) is 9.69 Å². The van der Waals surface area contributed by atoms with E-state index in [1.807, 2.05) is 19.1 Å². The molecule has 0 saturated carbocycles. The van der Waals surface area contributed by atoms with Crippen LogP contribution in [0.2, 0.25) is 0 Å². The Morgan fingerprint density at radius 2 is 1.90 bits per heavy atom. The Balaban J connectivity index is 2.08. The minimum absolute atomic E-state index is 0.0707. The highest BCUT2D eigenvalue weighted by Gasteiger charge is 2.24. The van der Waals surface area contributed by atoms with Gasteiger partial charge in [-0.15, -0.1) is 0 Å². The van der Waals surface area contributed by atoms with Crippen molar-refractivity contribution in [1.82, 2.24) is 10.6 Å². The second-order valence-electron chi connectivity index (χ2n) is 5.65. The molecule has 1 heterocycles. The normalized spacial score (nSPS) is 15.0. The molecule has 114 valence electrons. The maximum absolute atomic E-state index is 12.3. The van der Waals surface area contributed by atoms with Gasteiger partial charge >= 0.3 is 6.03 Å². The number of hydrogen-bond acceptors (Lipinski definition) is 2. The molecule has 2 rings (SSSR count). The highest BCUT2D eigenvalue weighted by molar-refractivity contribution is 5.97. The molecular weight excluding hydrogens is 266 g/mol. The van der Waals surface area contributed by atoms with Crippen LogP contribution in [-0.4, -0.2) is 30.6 Å². The largest absolute Gasteiger partial charge is 0.347 e. The molecule has 0 aliphatic carbocycles. The first-order valence-electron chi connectivity index (χ1n) is 7.47. The van der Waals surface area contributed by atoms with E-state index in [-0.39, 0.29) is 17.5 Å². The molecule has 2 N–H and O–H groups in total. The average molecular weight is 289 g/mol. The quantitative estimate of drug-likeness (QED) is 0.875. The fraction of sp³-hybridized carbons (Fsp3) is 0.500. The monoisotopic (exact) mass is 289 g/mol. The van der Waals surface area contributed by atoms with Crippen LogP contribution in [0.25, 0.3) is 0 Å². The Morgan fingerprint density at radius 3 is 2.38 bits per heavy atom. The van der Waals surface area contributed by atoms with Crippen molar-refractivity contribution in [2.45, 2.75) is 39.2 Å². The van der Waals surface area contributed by atoms with Crippen LogP contribution in [-0.2, 0) is 0 Å². The van der Waals surface area contributed by atoms with Gasteiger partial charge in [0.15, 0.2) is 0 Å². The van der Waals surface area contributed by atoms with Gasteiger partial charge in [0.1, 0.15) is 0 Å². The average Bonchev–Trinajstić information content (AvgIpc) is 2.93. The SMILES string of the molecule is CCC(C)(CC)NC(=O)c1ccc(N2CCNC2=O)cc1. The number of carbonyl (C=O) groups excluding carboxylic acids is 2. The summed E-state index contributed by atoms with van der Waals surface area (Å²) in [5.74, 6) is -0.0707. The maximum atomic E-state index is 12.3. The summed E-state index contributed by atoms with van der Waals surface area (Å²) in [6.45, 7) is 7.51. The van der Waals surface area contributed by atoms with Crippen LogP contribution in [0.15, 0.2) is 24.3 Å². The first-order chi connectivity index (χ1) is 9.99. The smallest absolute Gasteiger partial charge is 0.321 e. The first kappa shape index (κ1) is 15.4. The van der Waals surface area contributed by atoms with Crippen LogP contribution in [0.1, 0.15) is 44.0 Å². The molecule has 5 nitrogen and oxygen atoms in total. The van der Waals surface area contributed by atoms with Crippen molar-refractivity contribution in [3.63, 3.8) is 0 Å². The number of nitrogens with zero attached hydrogens (tertiary/aromatic N) is 1. The van der Waals surface area contributed by atoms with E-state index >= 15 is 0 Å². The molecule has 0 spiro atoms. The maximum Gasteiger partial charge on any atom is 0.321 e. The first-order valence-corrected chi connectivity index (χ1v) is 7.47. The van der Waals surface area contributed by atoms with Crippen molar-refractivity contribution in [1.29, 1.82) is 0 Å². The molecule has 5 heteroatoms. The van der Waals surface area contributed by atoms with E-state index in [9.17, 15) is 9.59 Å². The molecule has 1 aliphatic rings. The molecule has 21 heavy (non-hydrogen) atoms. The third kappa shape index (κ3) is 3.35. The molecule has 0 aromatic heterocycles. The third-order valence-electron chi connectivity index (χ3n) is 4.27. The highest BCUT2D eigenvalue weighted by Crippen LogP contribution is 2.19. The van der Waals surface area contributed by atoms with E-state index in [1.165, 1.54) is 0 Å². The predicted molar refractivity (Wildman–Crippen MR) is 83.6 cm³/mol. The van der Waals surface area contributed by atoms with E-state index in [1.54, 1.807) is 17.0 Å². The number of nitrogens with one attached hydrogen (secondary N) is 2. The second kappa shape index (κ2) is 6.16. The van der Waals surface area contributed by atoms with E-state index in [0.29, 0.717) is 18.7 Å². The molecule has 1 fully saturated rings. The molecule has 3 amide bonds. The molecule has 1 aliphatic heterocycles. The minimum atomic E-state index is -0.176. The van der Waals surface area contributed by atoms with Crippen LogP contribution in [0, 0.1) is 0 Å². The van der Waals surface area contributed by atoms with Gasteiger partial charge in [0, 0.05) is 29.9 Å². The van der Waals surface area contributed by atoms with Crippen LogP contribution < -0.4 is 15.5 Å². The lowest BCUT2D eigenvalue weighted by Gasteiger charge is -2.28. The van der Waals surface area contributed by atoms with E-state index in [2.05, 4.69) is 24.5 Å². The molecule has 0 bridgehead atoms. The molecular formula is C16H23N3O2. The van der Waals surface area contributed by atoms with Crippen molar-refractivity contribution in [2.24, 2.45) is 0 Å². The predicted octanol–water partition coefficient (Wildman–Crippen LogP) is 2.52. The van der Waals surface area contributed by atoms with E-state index < -0.39 is 0 Å². The number of rotatable bonds is 5. The van der Waals surface area contributed by atoms with Crippen LogP contribution in [0.5, 0.6) is 0 Å². The summed E-state index contributed by atoms with van der Waals surface area (Å²) in [4.78, 5) is 25.5. The Morgan fingerprint density at radius 1 is 1.29 bits per heavy atom. The van der Waals surface area contributed by atoms with Gasteiger partial charge in [-0.05, 0) is 44.0 Å². The summed E-state index contributed by atoms with van der Waals surface area (Å²) in [5, 5.41) is 5.83. The fourth-order valence-electron chi connectivity index (χ4n) is 2.28. The molecule has 1 saturated heterocycles. The molecule has 0 atom stereocenters. The number of urea groups is 1. The fourth-order valence-corrected chi connectivity index (χ4v) is 2.28. The molecule has 0 unspecified atom stereocenters. The van der Waals surface area contributed by atoms with Crippen molar-refractivity contribution >= 4 is 17.6 Å². The Kier molecular flexibility index (Phi) is 4.50. The summed E-state index contributed by atoms with van der Waals surface area (Å²) in [5.41, 5.74) is 1.26. The van der Waals surface area contributed by atoms with Crippen LogP contribution in [0.4, 0.5) is 10.5 Å². The standard InChI is InChI=1S/C16H23N3O2/c1-4-16(3,5-2)18-14(20)12-6-8-13(9-7-12)19-11-10-17-15(19)21/h6-9H,4-5,10-11H2,1-3H3,(H,17,21)(H,18,20). The zero-order chi connectivity index (χ0) is 15.5. The lowest BCUT2D eigenvalue weighted by Crippen LogP contribution is -2.44. The topological polar surface area (TPSA) is 61.4 Å².